The highest BCUT2D eigenvalue weighted by Gasteiger charge is 2.18. The number of unbranched alkanes of at least 4 members (excludes halogenated alkanes) is 4. The molecule has 0 fully saturated rings. The van der Waals surface area contributed by atoms with Gasteiger partial charge in [0, 0.05) is 0 Å². The molecule has 0 N–H and O–H groups in total. The molecule has 0 aromatic carbocycles. The second kappa shape index (κ2) is 13.5. The van der Waals surface area contributed by atoms with Crippen molar-refractivity contribution in [3.05, 3.63) is 0 Å². The third kappa shape index (κ3) is 9.39. The molecule has 0 aliphatic heterocycles. The fraction of sp³-hybridized carbons (Fsp3) is 0.944. The second-order valence-electron chi connectivity index (χ2n) is 6.00. The lowest BCUT2D eigenvalue weighted by molar-refractivity contribution is -0.150. The number of carbonyl (C=O) groups excluding carboxylic acids is 1. The summed E-state index contributed by atoms with van der Waals surface area (Å²) >= 11 is 0. The number of ether oxygens (including phenoxy) is 1. The number of hydrogen-bond acceptors (Lipinski definition) is 2. The molecule has 2 nitrogen and oxygen atoms in total. The van der Waals surface area contributed by atoms with Crippen LogP contribution in [0.1, 0.15) is 91.9 Å². The predicted molar refractivity (Wildman–Crippen MR) is 86.8 cm³/mol. The Balaban J connectivity index is 3.91. The van der Waals surface area contributed by atoms with Gasteiger partial charge < -0.3 is 4.74 Å². The van der Waals surface area contributed by atoms with Crippen molar-refractivity contribution >= 4 is 5.97 Å². The maximum atomic E-state index is 12.1. The van der Waals surface area contributed by atoms with Crippen molar-refractivity contribution in [2.45, 2.75) is 91.9 Å². The summed E-state index contributed by atoms with van der Waals surface area (Å²) in [6, 6.07) is 0. The topological polar surface area (TPSA) is 26.3 Å². The average Bonchev–Trinajstić information content (AvgIpc) is 2.47. The lowest BCUT2D eigenvalue weighted by Gasteiger charge is -2.18. The Labute approximate surface area is 126 Å². The van der Waals surface area contributed by atoms with Gasteiger partial charge in [0.25, 0.3) is 0 Å². The van der Waals surface area contributed by atoms with Crippen LogP contribution in [-0.2, 0) is 9.53 Å². The van der Waals surface area contributed by atoms with Gasteiger partial charge in [0.1, 0.15) is 0 Å². The fourth-order valence-electron chi connectivity index (χ4n) is 2.52. The minimum Gasteiger partial charge on any atom is -0.465 e. The van der Waals surface area contributed by atoms with Gasteiger partial charge in [-0.3, -0.25) is 4.79 Å². The van der Waals surface area contributed by atoms with Gasteiger partial charge in [-0.1, -0.05) is 72.6 Å². The summed E-state index contributed by atoms with van der Waals surface area (Å²) in [6.07, 6.45) is 11.7. The SMILES string of the molecule is CCCCCCC(CC)COC(=O)C(CC)CCCC. The van der Waals surface area contributed by atoms with E-state index in [0.717, 1.165) is 32.1 Å². The lowest BCUT2D eigenvalue weighted by Crippen LogP contribution is -2.21. The molecular weight excluding hydrogens is 248 g/mol. The Morgan fingerprint density at radius 3 is 2.10 bits per heavy atom. The highest BCUT2D eigenvalue weighted by molar-refractivity contribution is 5.72. The first-order valence-electron chi connectivity index (χ1n) is 8.86. The molecule has 0 saturated heterocycles. The Bertz CT molecular complexity index is 225. The van der Waals surface area contributed by atoms with E-state index in [0.29, 0.717) is 12.5 Å². The lowest BCUT2D eigenvalue weighted by atomic mass is 9.98. The van der Waals surface area contributed by atoms with Crippen molar-refractivity contribution in [1.82, 2.24) is 0 Å². The Hall–Kier alpha value is -0.530. The third-order valence-electron chi connectivity index (χ3n) is 4.24. The number of rotatable bonds is 13. The van der Waals surface area contributed by atoms with Crippen LogP contribution in [-0.4, -0.2) is 12.6 Å². The zero-order valence-corrected chi connectivity index (χ0v) is 14.2. The summed E-state index contributed by atoms with van der Waals surface area (Å²) in [5, 5.41) is 0. The van der Waals surface area contributed by atoms with Gasteiger partial charge in [-0.15, -0.1) is 0 Å². The number of carbonyl (C=O) groups is 1. The van der Waals surface area contributed by atoms with E-state index < -0.39 is 0 Å². The quantitative estimate of drug-likeness (QED) is 0.318. The average molecular weight is 284 g/mol. The summed E-state index contributed by atoms with van der Waals surface area (Å²) in [7, 11) is 0. The monoisotopic (exact) mass is 284 g/mol. The van der Waals surface area contributed by atoms with Crippen molar-refractivity contribution in [2.75, 3.05) is 6.61 Å². The van der Waals surface area contributed by atoms with Crippen molar-refractivity contribution in [3.8, 4) is 0 Å². The van der Waals surface area contributed by atoms with Crippen LogP contribution >= 0.6 is 0 Å². The van der Waals surface area contributed by atoms with Crippen LogP contribution < -0.4 is 0 Å². The molecule has 0 spiro atoms. The molecule has 2 heteroatoms. The molecular formula is C18H36O2. The summed E-state index contributed by atoms with van der Waals surface area (Å²) < 4.78 is 5.56. The van der Waals surface area contributed by atoms with Crippen LogP contribution in [0, 0.1) is 11.8 Å². The van der Waals surface area contributed by atoms with Gasteiger partial charge in [-0.25, -0.2) is 0 Å². The van der Waals surface area contributed by atoms with Gasteiger partial charge in [0.15, 0.2) is 0 Å². The smallest absolute Gasteiger partial charge is 0.308 e. The molecule has 20 heavy (non-hydrogen) atoms. The molecule has 0 saturated carbocycles. The first-order valence-corrected chi connectivity index (χ1v) is 8.86. The molecule has 0 aliphatic carbocycles. The first-order chi connectivity index (χ1) is 9.69. The highest BCUT2D eigenvalue weighted by atomic mass is 16.5. The van der Waals surface area contributed by atoms with Gasteiger partial charge in [0.05, 0.1) is 12.5 Å². The normalized spacial score (nSPS) is 14.0. The molecule has 0 heterocycles. The maximum Gasteiger partial charge on any atom is 0.308 e. The Kier molecular flexibility index (Phi) is 13.1. The van der Waals surface area contributed by atoms with Crippen LogP contribution in [0.25, 0.3) is 0 Å². The van der Waals surface area contributed by atoms with Crippen molar-refractivity contribution in [1.29, 1.82) is 0 Å². The first kappa shape index (κ1) is 19.5. The molecule has 0 radical (unpaired) electrons. The van der Waals surface area contributed by atoms with Crippen LogP contribution in [0.3, 0.4) is 0 Å². The van der Waals surface area contributed by atoms with Crippen LogP contribution in [0.15, 0.2) is 0 Å². The molecule has 0 aliphatic rings. The van der Waals surface area contributed by atoms with Crippen LogP contribution in [0.2, 0.25) is 0 Å². The summed E-state index contributed by atoms with van der Waals surface area (Å²) in [5.74, 6) is 0.708. The van der Waals surface area contributed by atoms with Crippen molar-refractivity contribution in [3.63, 3.8) is 0 Å². The number of esters is 1. The van der Waals surface area contributed by atoms with Crippen LogP contribution in [0.4, 0.5) is 0 Å². The minimum absolute atomic E-state index is 0.0351. The highest BCUT2D eigenvalue weighted by Crippen LogP contribution is 2.18. The largest absolute Gasteiger partial charge is 0.465 e. The third-order valence-corrected chi connectivity index (χ3v) is 4.24. The van der Waals surface area contributed by atoms with Crippen molar-refractivity contribution < 1.29 is 9.53 Å². The zero-order chi connectivity index (χ0) is 15.2. The Morgan fingerprint density at radius 2 is 1.55 bits per heavy atom. The molecule has 2 atom stereocenters. The summed E-state index contributed by atoms with van der Waals surface area (Å²) in [6.45, 7) is 9.32. The standard InChI is InChI=1S/C18H36O2/c1-5-9-11-12-13-16(7-3)15-20-18(19)17(8-4)14-10-6-2/h16-17H,5-15H2,1-4H3. The van der Waals surface area contributed by atoms with E-state index in [-0.39, 0.29) is 11.9 Å². The van der Waals surface area contributed by atoms with E-state index in [4.69, 9.17) is 4.74 Å². The zero-order valence-electron chi connectivity index (χ0n) is 14.2. The maximum absolute atomic E-state index is 12.1. The van der Waals surface area contributed by atoms with E-state index in [1.165, 1.54) is 32.1 Å². The molecule has 0 bridgehead atoms. The van der Waals surface area contributed by atoms with E-state index in [1.807, 2.05) is 0 Å². The van der Waals surface area contributed by atoms with Crippen molar-refractivity contribution in [2.24, 2.45) is 11.8 Å². The summed E-state index contributed by atoms with van der Waals surface area (Å²) in [4.78, 5) is 12.1. The van der Waals surface area contributed by atoms with Gasteiger partial charge >= 0.3 is 5.97 Å². The van der Waals surface area contributed by atoms with Crippen LogP contribution in [0.5, 0.6) is 0 Å². The molecule has 120 valence electrons. The van der Waals surface area contributed by atoms with E-state index in [9.17, 15) is 4.79 Å². The Morgan fingerprint density at radius 1 is 0.850 bits per heavy atom. The van der Waals surface area contributed by atoms with Gasteiger partial charge in [0.2, 0.25) is 0 Å². The molecule has 0 aromatic rings. The summed E-state index contributed by atoms with van der Waals surface area (Å²) in [5.41, 5.74) is 0. The number of hydrogen-bond donors (Lipinski definition) is 0. The minimum atomic E-state index is 0.0351. The van der Waals surface area contributed by atoms with E-state index in [1.54, 1.807) is 0 Å². The van der Waals surface area contributed by atoms with Gasteiger partial charge in [-0.05, 0) is 25.2 Å². The fourth-order valence-corrected chi connectivity index (χ4v) is 2.52. The van der Waals surface area contributed by atoms with E-state index in [2.05, 4.69) is 27.7 Å². The molecule has 0 aromatic heterocycles. The molecule has 2 unspecified atom stereocenters. The second-order valence-corrected chi connectivity index (χ2v) is 6.00. The molecule has 0 rings (SSSR count). The van der Waals surface area contributed by atoms with Gasteiger partial charge in [-0.2, -0.15) is 0 Å². The predicted octanol–water partition coefficient (Wildman–Crippen LogP) is 5.74. The van der Waals surface area contributed by atoms with E-state index >= 15 is 0 Å². The molecule has 0 amide bonds.